The Kier molecular flexibility index (Phi) is 6.18. The third-order valence-electron chi connectivity index (χ3n) is 4.41. The second-order valence-electron chi connectivity index (χ2n) is 6.23. The zero-order chi connectivity index (χ0) is 16.9. The molecular weight excluding hydrogens is 312 g/mol. The molecule has 1 N–H and O–H groups in total. The first-order chi connectivity index (χ1) is 10.9. The summed E-state index contributed by atoms with van der Waals surface area (Å²) >= 11 is 0. The number of rotatable bonds is 6. The Morgan fingerprint density at radius 1 is 1.26 bits per heavy atom. The second kappa shape index (κ2) is 7.93. The van der Waals surface area contributed by atoms with E-state index in [9.17, 15) is 13.2 Å². The minimum absolute atomic E-state index is 0.0254. The van der Waals surface area contributed by atoms with Crippen molar-refractivity contribution in [1.82, 2.24) is 9.62 Å². The fraction of sp³-hybridized carbons (Fsp3) is 0.588. The zero-order valence-electron chi connectivity index (χ0n) is 13.9. The highest BCUT2D eigenvalue weighted by Crippen LogP contribution is 2.22. The Hall–Kier alpha value is -1.40. The monoisotopic (exact) mass is 338 g/mol. The molecule has 0 unspecified atom stereocenters. The van der Waals surface area contributed by atoms with E-state index in [1.807, 2.05) is 44.2 Å². The number of nitrogens with one attached hydrogen (secondary N) is 1. The molecule has 0 aliphatic carbocycles. The van der Waals surface area contributed by atoms with Crippen LogP contribution in [0.2, 0.25) is 0 Å². The molecule has 0 saturated carbocycles. The van der Waals surface area contributed by atoms with Gasteiger partial charge in [-0.2, -0.15) is 0 Å². The number of benzene rings is 1. The third kappa shape index (κ3) is 5.04. The molecular formula is C17H26N2O3S. The molecule has 0 bridgehead atoms. The molecule has 1 fully saturated rings. The highest BCUT2D eigenvalue weighted by Gasteiger charge is 2.31. The van der Waals surface area contributed by atoms with E-state index in [1.165, 1.54) is 4.31 Å². The van der Waals surface area contributed by atoms with Crippen LogP contribution in [-0.2, 0) is 20.6 Å². The number of carbonyl (C=O) groups is 1. The van der Waals surface area contributed by atoms with Crippen molar-refractivity contribution in [2.45, 2.75) is 44.9 Å². The van der Waals surface area contributed by atoms with Crippen molar-refractivity contribution >= 4 is 15.9 Å². The van der Waals surface area contributed by atoms with Crippen LogP contribution in [0.3, 0.4) is 0 Å². The van der Waals surface area contributed by atoms with Crippen molar-refractivity contribution in [1.29, 1.82) is 0 Å². The minimum atomic E-state index is -3.31. The molecule has 0 spiro atoms. The number of nitrogens with zero attached hydrogens (tertiary/aromatic N) is 1. The van der Waals surface area contributed by atoms with Gasteiger partial charge in [0.25, 0.3) is 0 Å². The van der Waals surface area contributed by atoms with Crippen LogP contribution in [-0.4, -0.2) is 37.8 Å². The molecule has 1 aliphatic rings. The van der Waals surface area contributed by atoms with E-state index in [0.717, 1.165) is 12.0 Å². The Morgan fingerprint density at radius 2 is 1.87 bits per heavy atom. The van der Waals surface area contributed by atoms with Gasteiger partial charge in [-0.05, 0) is 31.7 Å². The number of hydrogen-bond acceptors (Lipinski definition) is 3. The zero-order valence-corrected chi connectivity index (χ0v) is 14.7. The van der Waals surface area contributed by atoms with E-state index < -0.39 is 10.0 Å². The second-order valence-corrected chi connectivity index (χ2v) is 8.20. The van der Waals surface area contributed by atoms with Gasteiger partial charge in [-0.1, -0.05) is 37.3 Å². The van der Waals surface area contributed by atoms with Crippen LogP contribution >= 0.6 is 0 Å². The molecule has 2 rings (SSSR count). The van der Waals surface area contributed by atoms with Crippen molar-refractivity contribution < 1.29 is 13.2 Å². The molecule has 5 nitrogen and oxygen atoms in total. The fourth-order valence-corrected chi connectivity index (χ4v) is 4.30. The van der Waals surface area contributed by atoms with Crippen LogP contribution in [0, 0.1) is 5.92 Å². The van der Waals surface area contributed by atoms with Crippen LogP contribution in [0.15, 0.2) is 30.3 Å². The Balaban J connectivity index is 1.89. The Morgan fingerprint density at radius 3 is 2.43 bits per heavy atom. The lowest BCUT2D eigenvalue weighted by atomic mass is 9.97. The lowest BCUT2D eigenvalue weighted by molar-refractivity contribution is -0.126. The summed E-state index contributed by atoms with van der Waals surface area (Å²) in [6.07, 6.45) is 2.09. The van der Waals surface area contributed by atoms with Gasteiger partial charge < -0.3 is 5.32 Å². The molecule has 1 heterocycles. The summed E-state index contributed by atoms with van der Waals surface area (Å²) in [5.74, 6) is 0.00373. The quantitative estimate of drug-likeness (QED) is 0.864. The largest absolute Gasteiger partial charge is 0.353 e. The smallest absolute Gasteiger partial charge is 0.223 e. The molecule has 1 aromatic rings. The molecule has 128 valence electrons. The average Bonchev–Trinajstić information content (AvgIpc) is 2.55. The highest BCUT2D eigenvalue weighted by molar-refractivity contribution is 7.88. The number of sulfonamides is 1. The fourth-order valence-electron chi connectivity index (χ4n) is 2.74. The number of amides is 1. The Labute approximate surface area is 139 Å². The van der Waals surface area contributed by atoms with Gasteiger partial charge in [0.1, 0.15) is 0 Å². The van der Waals surface area contributed by atoms with Gasteiger partial charge in [-0.3, -0.25) is 4.79 Å². The van der Waals surface area contributed by atoms with Crippen molar-refractivity contribution in [3.8, 4) is 0 Å². The van der Waals surface area contributed by atoms with Crippen LogP contribution in [0.25, 0.3) is 0 Å². The molecule has 6 heteroatoms. The average molecular weight is 338 g/mol. The molecule has 1 aliphatic heterocycles. The van der Waals surface area contributed by atoms with E-state index in [-0.39, 0.29) is 23.6 Å². The van der Waals surface area contributed by atoms with Crippen molar-refractivity contribution in [3.63, 3.8) is 0 Å². The summed E-state index contributed by atoms with van der Waals surface area (Å²) < 4.78 is 26.5. The van der Waals surface area contributed by atoms with Crippen molar-refractivity contribution in [3.05, 3.63) is 35.9 Å². The van der Waals surface area contributed by atoms with Gasteiger partial charge in [-0.15, -0.1) is 0 Å². The van der Waals surface area contributed by atoms with Crippen LogP contribution in [0.1, 0.15) is 38.7 Å². The lowest BCUT2D eigenvalue weighted by Crippen LogP contribution is -2.44. The van der Waals surface area contributed by atoms with Gasteiger partial charge >= 0.3 is 0 Å². The normalized spacial score (nSPS) is 18.5. The van der Waals surface area contributed by atoms with E-state index in [4.69, 9.17) is 0 Å². The summed E-state index contributed by atoms with van der Waals surface area (Å²) in [6.45, 7) is 4.86. The minimum Gasteiger partial charge on any atom is -0.353 e. The predicted molar refractivity (Wildman–Crippen MR) is 91.3 cm³/mol. The van der Waals surface area contributed by atoms with Gasteiger partial charge in [0, 0.05) is 25.0 Å². The van der Waals surface area contributed by atoms with Crippen LogP contribution in [0.5, 0.6) is 0 Å². The lowest BCUT2D eigenvalue weighted by Gasteiger charge is -2.31. The van der Waals surface area contributed by atoms with E-state index in [0.29, 0.717) is 25.9 Å². The van der Waals surface area contributed by atoms with Crippen molar-refractivity contribution in [2.24, 2.45) is 5.92 Å². The highest BCUT2D eigenvalue weighted by atomic mass is 32.2. The number of hydrogen-bond donors (Lipinski definition) is 1. The van der Waals surface area contributed by atoms with Gasteiger partial charge in [0.05, 0.1) is 5.75 Å². The SMILES string of the molecule is CC[C@@H](C)NC(=O)C1CCN(S(=O)(=O)Cc2ccccc2)CC1. The van der Waals surface area contributed by atoms with Gasteiger partial charge in [0.2, 0.25) is 15.9 Å². The third-order valence-corrected chi connectivity index (χ3v) is 6.26. The maximum atomic E-state index is 12.5. The first kappa shape index (κ1) is 17.9. The summed E-state index contributed by atoms with van der Waals surface area (Å²) in [6, 6.07) is 9.38. The summed E-state index contributed by atoms with van der Waals surface area (Å²) in [7, 11) is -3.31. The molecule has 0 aromatic heterocycles. The maximum Gasteiger partial charge on any atom is 0.223 e. The predicted octanol–water partition coefficient (Wildman–Crippen LogP) is 2.14. The first-order valence-electron chi connectivity index (χ1n) is 8.24. The molecule has 1 saturated heterocycles. The molecule has 1 atom stereocenters. The van der Waals surface area contributed by atoms with Crippen LogP contribution < -0.4 is 5.32 Å². The first-order valence-corrected chi connectivity index (χ1v) is 9.85. The summed E-state index contributed by atoms with van der Waals surface area (Å²) in [5.41, 5.74) is 0.795. The maximum absolute atomic E-state index is 12.5. The molecule has 0 radical (unpaired) electrons. The molecule has 1 amide bonds. The summed E-state index contributed by atoms with van der Waals surface area (Å²) in [5, 5.41) is 2.99. The van der Waals surface area contributed by atoms with E-state index >= 15 is 0 Å². The molecule has 23 heavy (non-hydrogen) atoms. The summed E-state index contributed by atoms with van der Waals surface area (Å²) in [4.78, 5) is 12.1. The topological polar surface area (TPSA) is 66.5 Å². The van der Waals surface area contributed by atoms with Crippen molar-refractivity contribution in [2.75, 3.05) is 13.1 Å². The number of carbonyl (C=O) groups excluding carboxylic acids is 1. The van der Waals surface area contributed by atoms with Crippen LogP contribution in [0.4, 0.5) is 0 Å². The van der Waals surface area contributed by atoms with Gasteiger partial charge in [0.15, 0.2) is 0 Å². The number of piperidine rings is 1. The molecule has 1 aromatic carbocycles. The van der Waals surface area contributed by atoms with Gasteiger partial charge in [-0.25, -0.2) is 12.7 Å². The standard InChI is InChI=1S/C17H26N2O3S/c1-3-14(2)18-17(20)16-9-11-19(12-10-16)23(21,22)13-15-7-5-4-6-8-15/h4-8,14,16H,3,9-13H2,1-2H3,(H,18,20)/t14-/m1/s1. The Bertz CT molecular complexity index is 608. The van der Waals surface area contributed by atoms with E-state index in [1.54, 1.807) is 0 Å². The van der Waals surface area contributed by atoms with E-state index in [2.05, 4.69) is 5.32 Å².